The van der Waals surface area contributed by atoms with Crippen LogP contribution in [-0.4, -0.2) is 4.98 Å². The van der Waals surface area contributed by atoms with Crippen molar-refractivity contribution in [3.8, 4) is 17.2 Å². The summed E-state index contributed by atoms with van der Waals surface area (Å²) >= 11 is 0. The molecule has 0 radical (unpaired) electrons. The highest BCUT2D eigenvalue weighted by Crippen LogP contribution is 2.33. The lowest BCUT2D eigenvalue weighted by Gasteiger charge is -2.20. The Bertz CT molecular complexity index is 714. The van der Waals surface area contributed by atoms with Crippen molar-refractivity contribution < 1.29 is 0 Å². The molecule has 108 valence electrons. The lowest BCUT2D eigenvalue weighted by Crippen LogP contribution is -2.10. The number of nitrogens with two attached hydrogens (primary N) is 1. The normalized spacial score (nSPS) is 11.2. The Morgan fingerprint density at radius 2 is 1.67 bits per heavy atom. The molecule has 2 N–H and O–H groups in total. The summed E-state index contributed by atoms with van der Waals surface area (Å²) in [6.45, 7) is 10.4. The van der Waals surface area contributed by atoms with Crippen LogP contribution in [0.1, 0.15) is 43.2 Å². The maximum Gasteiger partial charge on any atom is 0.142 e. The van der Waals surface area contributed by atoms with E-state index in [2.05, 4.69) is 56.1 Å². The molecule has 2 rings (SSSR count). The van der Waals surface area contributed by atoms with Crippen molar-refractivity contribution in [1.29, 1.82) is 5.26 Å². The van der Waals surface area contributed by atoms with Crippen LogP contribution in [-0.2, 0) is 5.41 Å². The van der Waals surface area contributed by atoms with Gasteiger partial charge in [-0.2, -0.15) is 5.26 Å². The summed E-state index contributed by atoms with van der Waals surface area (Å²) < 4.78 is 0. The van der Waals surface area contributed by atoms with Gasteiger partial charge in [0.25, 0.3) is 0 Å². The smallest absolute Gasteiger partial charge is 0.142 e. The van der Waals surface area contributed by atoms with Gasteiger partial charge in [-0.15, -0.1) is 0 Å². The third kappa shape index (κ3) is 2.75. The fraction of sp³-hybridized carbons (Fsp3) is 0.333. The Morgan fingerprint density at radius 1 is 1.10 bits per heavy atom. The third-order valence-corrected chi connectivity index (χ3v) is 3.86. The quantitative estimate of drug-likeness (QED) is 0.854. The highest BCUT2D eigenvalue weighted by molar-refractivity contribution is 5.78. The molecule has 0 aliphatic rings. The number of anilines is 1. The maximum atomic E-state index is 9.39. The van der Waals surface area contributed by atoms with E-state index in [0.717, 1.165) is 22.4 Å². The standard InChI is InChI=1S/C18H21N3/c1-11-12(2)21-17(20)15(10-19)16(11)13-6-8-14(9-7-13)18(3,4)5/h6-9H,1-5H3,(H2,20,21). The molecule has 0 spiro atoms. The van der Waals surface area contributed by atoms with E-state index in [4.69, 9.17) is 5.73 Å². The number of rotatable bonds is 1. The van der Waals surface area contributed by atoms with Gasteiger partial charge in [0.1, 0.15) is 17.5 Å². The van der Waals surface area contributed by atoms with Gasteiger partial charge in [-0.1, -0.05) is 45.0 Å². The molecule has 1 aromatic carbocycles. The van der Waals surface area contributed by atoms with Gasteiger partial charge in [0, 0.05) is 11.3 Å². The van der Waals surface area contributed by atoms with Gasteiger partial charge >= 0.3 is 0 Å². The number of nitriles is 1. The Kier molecular flexibility index (Phi) is 3.74. The molecular weight excluding hydrogens is 258 g/mol. The van der Waals surface area contributed by atoms with Crippen molar-refractivity contribution >= 4 is 5.82 Å². The van der Waals surface area contributed by atoms with Gasteiger partial charge in [-0.25, -0.2) is 4.98 Å². The number of nitrogens with zero attached hydrogens (tertiary/aromatic N) is 2. The molecule has 21 heavy (non-hydrogen) atoms. The number of benzene rings is 1. The molecule has 0 saturated heterocycles. The first kappa shape index (κ1) is 15.1. The Balaban J connectivity index is 2.65. The van der Waals surface area contributed by atoms with Crippen LogP contribution in [0.15, 0.2) is 24.3 Å². The molecule has 0 aliphatic heterocycles. The van der Waals surface area contributed by atoms with E-state index in [-0.39, 0.29) is 5.41 Å². The molecular formula is C18H21N3. The van der Waals surface area contributed by atoms with E-state index in [1.165, 1.54) is 5.56 Å². The van der Waals surface area contributed by atoms with Crippen LogP contribution in [0.25, 0.3) is 11.1 Å². The van der Waals surface area contributed by atoms with Crippen molar-refractivity contribution in [2.75, 3.05) is 5.73 Å². The van der Waals surface area contributed by atoms with Crippen LogP contribution in [0, 0.1) is 25.2 Å². The molecule has 0 amide bonds. The average Bonchev–Trinajstić information content (AvgIpc) is 2.41. The number of aryl methyl sites for hydroxylation is 1. The molecule has 0 atom stereocenters. The first-order chi connectivity index (χ1) is 9.75. The molecule has 2 aromatic rings. The SMILES string of the molecule is Cc1nc(N)c(C#N)c(-c2ccc(C(C)(C)C)cc2)c1C. The average molecular weight is 279 g/mol. The van der Waals surface area contributed by atoms with Gasteiger partial charge in [0.05, 0.1) is 0 Å². The second-order valence-electron chi connectivity index (χ2n) is 6.40. The van der Waals surface area contributed by atoms with E-state index < -0.39 is 0 Å². The van der Waals surface area contributed by atoms with Crippen molar-refractivity contribution in [3.63, 3.8) is 0 Å². The largest absolute Gasteiger partial charge is 0.383 e. The molecule has 0 saturated carbocycles. The number of nitrogen functional groups attached to an aromatic ring is 1. The highest BCUT2D eigenvalue weighted by Gasteiger charge is 2.17. The van der Waals surface area contributed by atoms with Crippen molar-refractivity contribution in [2.24, 2.45) is 0 Å². The summed E-state index contributed by atoms with van der Waals surface area (Å²) in [6, 6.07) is 10.5. The molecule has 0 bridgehead atoms. The Morgan fingerprint density at radius 3 is 2.14 bits per heavy atom. The van der Waals surface area contributed by atoms with E-state index in [1.54, 1.807) is 0 Å². The van der Waals surface area contributed by atoms with E-state index in [1.807, 2.05) is 13.8 Å². The fourth-order valence-electron chi connectivity index (χ4n) is 2.43. The first-order valence-electron chi connectivity index (χ1n) is 7.03. The molecule has 1 aromatic heterocycles. The summed E-state index contributed by atoms with van der Waals surface area (Å²) in [5, 5.41) is 9.39. The van der Waals surface area contributed by atoms with Gasteiger partial charge in [-0.3, -0.25) is 0 Å². The summed E-state index contributed by atoms with van der Waals surface area (Å²) in [5.41, 5.74) is 11.5. The minimum absolute atomic E-state index is 0.110. The summed E-state index contributed by atoms with van der Waals surface area (Å²) in [6.07, 6.45) is 0. The van der Waals surface area contributed by atoms with Crippen molar-refractivity contribution in [3.05, 3.63) is 46.6 Å². The third-order valence-electron chi connectivity index (χ3n) is 3.86. The summed E-state index contributed by atoms with van der Waals surface area (Å²) in [4.78, 5) is 4.24. The predicted octanol–water partition coefficient (Wildman–Crippen LogP) is 4.12. The van der Waals surface area contributed by atoms with E-state index in [9.17, 15) is 5.26 Å². The van der Waals surface area contributed by atoms with E-state index in [0.29, 0.717) is 11.4 Å². The van der Waals surface area contributed by atoms with Crippen LogP contribution < -0.4 is 5.73 Å². The first-order valence-corrected chi connectivity index (χ1v) is 7.03. The molecule has 0 aliphatic carbocycles. The minimum Gasteiger partial charge on any atom is -0.383 e. The van der Waals surface area contributed by atoms with Crippen LogP contribution in [0.5, 0.6) is 0 Å². The lowest BCUT2D eigenvalue weighted by atomic mass is 9.85. The van der Waals surface area contributed by atoms with E-state index >= 15 is 0 Å². The zero-order chi connectivity index (χ0) is 15.8. The van der Waals surface area contributed by atoms with Crippen molar-refractivity contribution in [1.82, 2.24) is 4.98 Å². The predicted molar refractivity (Wildman–Crippen MR) is 87.0 cm³/mol. The fourth-order valence-corrected chi connectivity index (χ4v) is 2.43. The van der Waals surface area contributed by atoms with Gasteiger partial charge in [0.15, 0.2) is 0 Å². The maximum absolute atomic E-state index is 9.39. The molecule has 0 unspecified atom stereocenters. The zero-order valence-electron chi connectivity index (χ0n) is 13.3. The van der Waals surface area contributed by atoms with Gasteiger partial charge in [0.2, 0.25) is 0 Å². The summed E-state index contributed by atoms with van der Waals surface area (Å²) in [7, 11) is 0. The van der Waals surface area contributed by atoms with Crippen LogP contribution in [0.2, 0.25) is 0 Å². The highest BCUT2D eigenvalue weighted by atomic mass is 14.8. The Labute approximate surface area is 126 Å². The lowest BCUT2D eigenvalue weighted by molar-refractivity contribution is 0.590. The molecule has 3 heteroatoms. The zero-order valence-corrected chi connectivity index (χ0v) is 13.3. The number of hydrogen-bond donors (Lipinski definition) is 1. The van der Waals surface area contributed by atoms with Crippen molar-refractivity contribution in [2.45, 2.75) is 40.0 Å². The monoisotopic (exact) mass is 279 g/mol. The summed E-state index contributed by atoms with van der Waals surface area (Å²) in [5.74, 6) is 0.301. The van der Waals surface area contributed by atoms with Gasteiger partial charge < -0.3 is 5.73 Å². The number of aromatic nitrogens is 1. The topological polar surface area (TPSA) is 62.7 Å². The second-order valence-corrected chi connectivity index (χ2v) is 6.40. The molecule has 1 heterocycles. The molecule has 0 fully saturated rings. The van der Waals surface area contributed by atoms with Gasteiger partial charge in [-0.05, 0) is 36.0 Å². The number of hydrogen-bond acceptors (Lipinski definition) is 3. The number of pyridine rings is 1. The second kappa shape index (κ2) is 5.21. The van der Waals surface area contributed by atoms with Crippen LogP contribution in [0.3, 0.4) is 0 Å². The minimum atomic E-state index is 0.110. The Hall–Kier alpha value is -2.34. The van der Waals surface area contributed by atoms with Crippen LogP contribution in [0.4, 0.5) is 5.82 Å². The van der Waals surface area contributed by atoms with Crippen LogP contribution >= 0.6 is 0 Å². The molecule has 3 nitrogen and oxygen atoms in total.